The van der Waals surface area contributed by atoms with Crippen molar-refractivity contribution in [2.45, 2.75) is 38.6 Å². The van der Waals surface area contributed by atoms with Gasteiger partial charge in [-0.05, 0) is 30.5 Å². The van der Waals surface area contributed by atoms with Gasteiger partial charge in [0.15, 0.2) is 11.5 Å². The smallest absolute Gasteiger partial charge is 0.227 e. The number of hydrogen-bond acceptors (Lipinski definition) is 4. The zero-order valence-electron chi connectivity index (χ0n) is 15.7. The van der Waals surface area contributed by atoms with Crippen LogP contribution < -0.4 is 9.47 Å². The number of carbonyl (C=O) groups excluding carboxylic acids is 2. The van der Waals surface area contributed by atoms with Gasteiger partial charge in [0, 0.05) is 32.6 Å². The predicted molar refractivity (Wildman–Crippen MR) is 98.1 cm³/mol. The molecule has 1 aromatic rings. The Hall–Kier alpha value is -2.24. The molecule has 2 heterocycles. The molecule has 142 valence electrons. The summed E-state index contributed by atoms with van der Waals surface area (Å²) in [5.41, 5.74) is 0.971. The Labute approximate surface area is 155 Å². The first-order valence-electron chi connectivity index (χ1n) is 9.40. The van der Waals surface area contributed by atoms with E-state index in [1.165, 1.54) is 12.8 Å². The lowest BCUT2D eigenvalue weighted by Gasteiger charge is -2.24. The average Bonchev–Trinajstić information content (AvgIpc) is 2.87. The van der Waals surface area contributed by atoms with Gasteiger partial charge in [0.2, 0.25) is 11.8 Å². The van der Waals surface area contributed by atoms with Gasteiger partial charge in [-0.25, -0.2) is 0 Å². The minimum absolute atomic E-state index is 0.0490. The Morgan fingerprint density at radius 2 is 1.77 bits per heavy atom. The molecule has 0 radical (unpaired) electrons. The number of carbonyl (C=O) groups is 2. The number of hydrogen-bond donors (Lipinski definition) is 0. The summed E-state index contributed by atoms with van der Waals surface area (Å²) in [6.45, 7) is 2.66. The number of likely N-dealkylation sites (tertiary alicyclic amines) is 2. The summed E-state index contributed by atoms with van der Waals surface area (Å²) < 4.78 is 10.6. The maximum Gasteiger partial charge on any atom is 0.227 e. The summed E-state index contributed by atoms with van der Waals surface area (Å²) in [6, 6.07) is 5.66. The van der Waals surface area contributed by atoms with Gasteiger partial charge in [0.25, 0.3) is 0 Å². The van der Waals surface area contributed by atoms with Crippen molar-refractivity contribution in [1.29, 1.82) is 0 Å². The Bertz CT molecular complexity index is 653. The van der Waals surface area contributed by atoms with Crippen LogP contribution in [0.3, 0.4) is 0 Å². The van der Waals surface area contributed by atoms with Crippen molar-refractivity contribution in [1.82, 2.24) is 9.80 Å². The minimum atomic E-state index is -0.208. The third-order valence-electron chi connectivity index (χ3n) is 5.30. The molecule has 0 saturated carbocycles. The fourth-order valence-corrected chi connectivity index (χ4v) is 3.84. The summed E-state index contributed by atoms with van der Waals surface area (Å²) in [4.78, 5) is 29.0. The van der Waals surface area contributed by atoms with Crippen LogP contribution in [0.25, 0.3) is 0 Å². The van der Waals surface area contributed by atoms with Crippen LogP contribution in [0, 0.1) is 5.92 Å². The Morgan fingerprint density at radius 1 is 1.08 bits per heavy atom. The van der Waals surface area contributed by atoms with Gasteiger partial charge < -0.3 is 19.3 Å². The lowest BCUT2D eigenvalue weighted by atomic mass is 10.1. The lowest BCUT2D eigenvalue weighted by molar-refractivity contribution is -0.135. The molecule has 6 heteroatoms. The largest absolute Gasteiger partial charge is 0.493 e. The number of benzene rings is 1. The molecule has 1 aromatic carbocycles. The van der Waals surface area contributed by atoms with Crippen molar-refractivity contribution >= 4 is 11.8 Å². The van der Waals surface area contributed by atoms with Gasteiger partial charge in [0.05, 0.1) is 20.1 Å². The molecular weight excluding hydrogens is 332 g/mol. The fourth-order valence-electron chi connectivity index (χ4n) is 3.84. The highest BCUT2D eigenvalue weighted by molar-refractivity contribution is 5.89. The SMILES string of the molecule is COc1ccc(CN2CC(C(=O)N3CCCCCC3)CC2=O)cc1OC. The van der Waals surface area contributed by atoms with Gasteiger partial charge in [-0.3, -0.25) is 9.59 Å². The second kappa shape index (κ2) is 8.43. The first kappa shape index (κ1) is 18.5. The van der Waals surface area contributed by atoms with E-state index in [-0.39, 0.29) is 17.7 Å². The van der Waals surface area contributed by atoms with Crippen molar-refractivity contribution < 1.29 is 19.1 Å². The Kier molecular flexibility index (Phi) is 6.01. The van der Waals surface area contributed by atoms with Crippen LogP contribution in [-0.2, 0) is 16.1 Å². The zero-order valence-corrected chi connectivity index (χ0v) is 15.7. The molecule has 0 N–H and O–H groups in total. The van der Waals surface area contributed by atoms with E-state index < -0.39 is 0 Å². The van der Waals surface area contributed by atoms with E-state index in [0.717, 1.165) is 31.5 Å². The fraction of sp³-hybridized carbons (Fsp3) is 0.600. The van der Waals surface area contributed by atoms with E-state index in [4.69, 9.17) is 9.47 Å². The molecule has 1 unspecified atom stereocenters. The van der Waals surface area contributed by atoms with Crippen molar-refractivity contribution in [3.8, 4) is 11.5 Å². The van der Waals surface area contributed by atoms with E-state index in [0.29, 0.717) is 31.0 Å². The third kappa shape index (κ3) is 4.11. The van der Waals surface area contributed by atoms with Crippen LogP contribution in [0.5, 0.6) is 11.5 Å². The molecule has 1 atom stereocenters. The molecule has 2 aliphatic rings. The van der Waals surface area contributed by atoms with Crippen LogP contribution in [0.2, 0.25) is 0 Å². The number of methoxy groups -OCH3 is 2. The number of nitrogens with zero attached hydrogens (tertiary/aromatic N) is 2. The minimum Gasteiger partial charge on any atom is -0.493 e. The highest BCUT2D eigenvalue weighted by atomic mass is 16.5. The van der Waals surface area contributed by atoms with Crippen molar-refractivity contribution in [2.24, 2.45) is 5.92 Å². The summed E-state index contributed by atoms with van der Waals surface area (Å²) in [5.74, 6) is 1.30. The first-order valence-corrected chi connectivity index (χ1v) is 9.40. The number of ether oxygens (including phenoxy) is 2. The normalized spacial score (nSPS) is 20.8. The summed E-state index contributed by atoms with van der Waals surface area (Å²) in [7, 11) is 3.19. The molecule has 6 nitrogen and oxygen atoms in total. The maximum absolute atomic E-state index is 12.8. The molecule has 0 spiro atoms. The van der Waals surface area contributed by atoms with Gasteiger partial charge in [-0.1, -0.05) is 18.9 Å². The summed E-state index contributed by atoms with van der Waals surface area (Å²) in [6.07, 6.45) is 4.85. The van der Waals surface area contributed by atoms with Gasteiger partial charge in [0.1, 0.15) is 0 Å². The number of rotatable bonds is 5. The van der Waals surface area contributed by atoms with Crippen LogP contribution in [-0.4, -0.2) is 55.5 Å². The van der Waals surface area contributed by atoms with Crippen LogP contribution in [0.1, 0.15) is 37.7 Å². The summed E-state index contributed by atoms with van der Waals surface area (Å²) in [5, 5.41) is 0. The quantitative estimate of drug-likeness (QED) is 0.809. The second-order valence-electron chi connectivity index (χ2n) is 7.10. The molecule has 2 aliphatic heterocycles. The highest BCUT2D eigenvalue weighted by Gasteiger charge is 2.36. The monoisotopic (exact) mass is 360 g/mol. The topological polar surface area (TPSA) is 59.1 Å². The lowest BCUT2D eigenvalue weighted by Crippen LogP contribution is -2.38. The van der Waals surface area contributed by atoms with E-state index in [1.807, 2.05) is 23.1 Å². The van der Waals surface area contributed by atoms with Crippen molar-refractivity contribution in [3.63, 3.8) is 0 Å². The Balaban J connectivity index is 1.63. The molecule has 3 rings (SSSR count). The molecule has 2 amide bonds. The molecule has 0 bridgehead atoms. The Morgan fingerprint density at radius 3 is 2.42 bits per heavy atom. The van der Waals surface area contributed by atoms with Crippen LogP contribution in [0.15, 0.2) is 18.2 Å². The molecule has 2 saturated heterocycles. The van der Waals surface area contributed by atoms with Crippen molar-refractivity contribution in [3.05, 3.63) is 23.8 Å². The van der Waals surface area contributed by atoms with E-state index >= 15 is 0 Å². The molecule has 2 fully saturated rings. The van der Waals surface area contributed by atoms with E-state index in [9.17, 15) is 9.59 Å². The van der Waals surface area contributed by atoms with Gasteiger partial charge in [-0.2, -0.15) is 0 Å². The maximum atomic E-state index is 12.8. The van der Waals surface area contributed by atoms with E-state index in [1.54, 1.807) is 19.1 Å². The summed E-state index contributed by atoms with van der Waals surface area (Å²) >= 11 is 0. The van der Waals surface area contributed by atoms with Crippen LogP contribution in [0.4, 0.5) is 0 Å². The predicted octanol–water partition coefficient (Wildman–Crippen LogP) is 2.45. The highest BCUT2D eigenvalue weighted by Crippen LogP contribution is 2.29. The third-order valence-corrected chi connectivity index (χ3v) is 5.30. The van der Waals surface area contributed by atoms with E-state index in [2.05, 4.69) is 0 Å². The second-order valence-corrected chi connectivity index (χ2v) is 7.10. The molecule has 0 aromatic heterocycles. The first-order chi connectivity index (χ1) is 12.6. The standard InChI is InChI=1S/C20H28N2O4/c1-25-17-8-7-15(11-18(17)26-2)13-22-14-16(12-19(22)23)20(24)21-9-5-3-4-6-10-21/h7-8,11,16H,3-6,9-10,12-14H2,1-2H3. The van der Waals surface area contributed by atoms with Gasteiger partial charge in [-0.15, -0.1) is 0 Å². The molecule has 26 heavy (non-hydrogen) atoms. The molecule has 0 aliphatic carbocycles. The van der Waals surface area contributed by atoms with Crippen molar-refractivity contribution in [2.75, 3.05) is 33.9 Å². The van der Waals surface area contributed by atoms with Gasteiger partial charge >= 0.3 is 0 Å². The number of amides is 2. The average molecular weight is 360 g/mol. The molecular formula is C20H28N2O4. The zero-order chi connectivity index (χ0) is 18.5. The van der Waals surface area contributed by atoms with Crippen LogP contribution >= 0.6 is 0 Å².